The lowest BCUT2D eigenvalue weighted by Crippen LogP contribution is -2.30. The first kappa shape index (κ1) is 24.1. The van der Waals surface area contributed by atoms with Gasteiger partial charge in [-0.3, -0.25) is 10.2 Å². The molecule has 3 aromatic carbocycles. The second kappa shape index (κ2) is 8.81. The van der Waals surface area contributed by atoms with E-state index in [-0.39, 0.29) is 23.2 Å². The van der Waals surface area contributed by atoms with E-state index in [0.29, 0.717) is 24.3 Å². The molecule has 0 atom stereocenters. The van der Waals surface area contributed by atoms with E-state index in [1.807, 2.05) is 63.7 Å². The van der Waals surface area contributed by atoms with Crippen molar-refractivity contribution in [1.29, 1.82) is 5.41 Å². The summed E-state index contributed by atoms with van der Waals surface area (Å²) >= 11 is 0. The highest BCUT2D eigenvalue weighted by Crippen LogP contribution is 2.44. The first-order valence-corrected chi connectivity index (χ1v) is 12.7. The zero-order chi connectivity index (χ0) is 25.7. The van der Waals surface area contributed by atoms with E-state index in [0.717, 1.165) is 39.9 Å². The molecule has 0 saturated heterocycles. The quantitative estimate of drug-likeness (QED) is 0.345. The molecule has 0 radical (unpaired) electrons. The Morgan fingerprint density at radius 3 is 2.28 bits per heavy atom. The fraction of sp³-hybridized carbons (Fsp3) is 0.355. The van der Waals surface area contributed by atoms with Gasteiger partial charge in [0.15, 0.2) is 5.78 Å². The van der Waals surface area contributed by atoms with Gasteiger partial charge in [-0.2, -0.15) is 0 Å². The number of para-hydroxylation sites is 2. The molecule has 0 bridgehead atoms. The van der Waals surface area contributed by atoms with Gasteiger partial charge >= 0.3 is 0 Å². The maximum absolute atomic E-state index is 13.8. The van der Waals surface area contributed by atoms with Crippen molar-refractivity contribution in [2.75, 3.05) is 6.61 Å². The third-order valence-electron chi connectivity index (χ3n) is 7.38. The third-order valence-corrected chi connectivity index (χ3v) is 7.38. The minimum Gasteiger partial charge on any atom is -0.493 e. The summed E-state index contributed by atoms with van der Waals surface area (Å²) in [6.45, 7) is 12.3. The monoisotopic (exact) mass is 481 g/mol. The van der Waals surface area contributed by atoms with Gasteiger partial charge in [-0.15, -0.1) is 0 Å². The molecule has 5 nitrogen and oxygen atoms in total. The number of ether oxygens (including phenoxy) is 1. The van der Waals surface area contributed by atoms with Gasteiger partial charge in [0.25, 0.3) is 0 Å². The molecule has 0 unspecified atom stereocenters. The zero-order valence-corrected chi connectivity index (χ0v) is 21.9. The van der Waals surface area contributed by atoms with Crippen LogP contribution in [0.25, 0.3) is 11.0 Å². The number of benzene rings is 3. The number of fused-ring (bicyclic) bond motifs is 2. The van der Waals surface area contributed by atoms with Crippen molar-refractivity contribution in [2.24, 2.45) is 0 Å². The van der Waals surface area contributed by atoms with E-state index in [1.54, 1.807) is 0 Å². The summed E-state index contributed by atoms with van der Waals surface area (Å²) < 4.78 is 9.96. The lowest BCUT2D eigenvalue weighted by molar-refractivity contribution is 0.0971. The summed E-state index contributed by atoms with van der Waals surface area (Å²) in [7, 11) is 0. The summed E-state index contributed by atoms with van der Waals surface area (Å²) in [5, 5.41) is 8.99. The van der Waals surface area contributed by atoms with Gasteiger partial charge in [-0.1, -0.05) is 77.1 Å². The minimum absolute atomic E-state index is 0.00536. The van der Waals surface area contributed by atoms with Gasteiger partial charge in [0, 0.05) is 16.7 Å². The van der Waals surface area contributed by atoms with Crippen LogP contribution in [-0.2, 0) is 23.9 Å². The summed E-state index contributed by atoms with van der Waals surface area (Å²) in [5.41, 5.74) is 5.92. The molecule has 186 valence electrons. The summed E-state index contributed by atoms with van der Waals surface area (Å²) in [6, 6.07) is 22.1. The number of carbonyl (C=O) groups is 1. The number of nitrogens with one attached hydrogen (secondary N) is 1. The zero-order valence-electron chi connectivity index (χ0n) is 21.9. The van der Waals surface area contributed by atoms with Gasteiger partial charge in [0.1, 0.15) is 5.75 Å². The minimum atomic E-state index is -0.159. The molecule has 1 aliphatic heterocycles. The highest BCUT2D eigenvalue weighted by molar-refractivity contribution is 5.97. The molecular formula is C31H35N3O2. The number of rotatable bonds is 5. The van der Waals surface area contributed by atoms with Crippen molar-refractivity contribution >= 4 is 16.8 Å². The van der Waals surface area contributed by atoms with E-state index in [1.165, 1.54) is 0 Å². The Balaban J connectivity index is 1.58. The first-order valence-electron chi connectivity index (χ1n) is 12.7. The standard InChI is InChI=1S/C31H35N3O2/c1-30(2,3)23-17-22(18-24-28(23)36-16-15-31(24,4)5)27(35)20-34-26-14-10-9-13-25(26)33(29(34)32)19-21-11-7-6-8-12-21/h6-14,17-18,32H,15-16,19-20H2,1-5H3. The largest absolute Gasteiger partial charge is 0.493 e. The third kappa shape index (κ3) is 4.27. The van der Waals surface area contributed by atoms with Crippen LogP contribution >= 0.6 is 0 Å². The molecule has 0 aliphatic carbocycles. The topological polar surface area (TPSA) is 60.0 Å². The molecular weight excluding hydrogens is 446 g/mol. The number of hydrogen-bond donors (Lipinski definition) is 1. The van der Waals surface area contributed by atoms with Gasteiger partial charge in [0.2, 0.25) is 5.62 Å². The Kier molecular flexibility index (Phi) is 5.90. The maximum Gasteiger partial charge on any atom is 0.203 e. The van der Waals surface area contributed by atoms with Gasteiger partial charge in [-0.05, 0) is 47.1 Å². The Labute approximate surface area is 212 Å². The van der Waals surface area contributed by atoms with E-state index in [2.05, 4.69) is 46.8 Å². The fourth-order valence-electron chi connectivity index (χ4n) is 5.16. The first-order chi connectivity index (χ1) is 17.1. The van der Waals surface area contributed by atoms with Crippen LogP contribution < -0.4 is 10.4 Å². The number of ketones is 1. The highest BCUT2D eigenvalue weighted by Gasteiger charge is 2.34. The van der Waals surface area contributed by atoms with Crippen LogP contribution in [0.3, 0.4) is 0 Å². The average Bonchev–Trinajstić information content (AvgIpc) is 3.09. The Hall–Kier alpha value is -3.60. The molecule has 2 heterocycles. The number of Topliss-reactive ketones (excluding diaryl/α,β-unsaturated/α-hetero) is 1. The van der Waals surface area contributed by atoms with Crippen LogP contribution in [0.4, 0.5) is 0 Å². The molecule has 0 amide bonds. The normalized spacial score (nSPS) is 14.9. The number of carbonyl (C=O) groups excluding carboxylic acids is 1. The number of aromatic nitrogens is 2. The van der Waals surface area contributed by atoms with Crippen molar-refractivity contribution < 1.29 is 9.53 Å². The van der Waals surface area contributed by atoms with Crippen LogP contribution in [0.5, 0.6) is 5.75 Å². The molecule has 0 spiro atoms. The molecule has 4 aromatic rings. The van der Waals surface area contributed by atoms with Gasteiger partial charge in [-0.25, -0.2) is 0 Å². The lowest BCUT2D eigenvalue weighted by Gasteiger charge is -2.36. The molecule has 0 fully saturated rings. The van der Waals surface area contributed by atoms with Gasteiger partial charge < -0.3 is 13.9 Å². The predicted octanol–water partition coefficient (Wildman–Crippen LogP) is 6.21. The number of hydrogen-bond acceptors (Lipinski definition) is 3. The van der Waals surface area contributed by atoms with Crippen molar-refractivity contribution in [3.63, 3.8) is 0 Å². The SMILES string of the molecule is CC(C)(C)c1cc(C(=O)Cn2c(=N)n(Cc3ccccc3)c3ccccc32)cc2c1OCCC2(C)C. The van der Waals surface area contributed by atoms with Crippen LogP contribution in [-0.4, -0.2) is 21.5 Å². The highest BCUT2D eigenvalue weighted by atomic mass is 16.5. The van der Waals surface area contributed by atoms with Crippen molar-refractivity contribution in [1.82, 2.24) is 9.13 Å². The predicted molar refractivity (Wildman–Crippen MR) is 144 cm³/mol. The molecule has 0 saturated carbocycles. The van der Waals surface area contributed by atoms with E-state index >= 15 is 0 Å². The molecule has 5 rings (SSSR count). The maximum atomic E-state index is 13.8. The summed E-state index contributed by atoms with van der Waals surface area (Å²) in [5.74, 6) is 0.939. The smallest absolute Gasteiger partial charge is 0.203 e. The van der Waals surface area contributed by atoms with Crippen LogP contribution in [0, 0.1) is 5.41 Å². The average molecular weight is 482 g/mol. The van der Waals surface area contributed by atoms with E-state index in [9.17, 15) is 4.79 Å². The molecule has 5 heteroatoms. The second-order valence-electron chi connectivity index (χ2n) is 11.5. The van der Waals surface area contributed by atoms with Crippen molar-refractivity contribution in [3.05, 3.63) is 94.6 Å². The number of nitrogens with zero attached hydrogens (tertiary/aromatic N) is 2. The van der Waals surface area contributed by atoms with Crippen molar-refractivity contribution in [2.45, 2.75) is 65.0 Å². The molecule has 1 aliphatic rings. The van der Waals surface area contributed by atoms with Gasteiger partial charge in [0.05, 0.1) is 30.7 Å². The Morgan fingerprint density at radius 1 is 0.972 bits per heavy atom. The lowest BCUT2D eigenvalue weighted by atomic mass is 9.74. The van der Waals surface area contributed by atoms with Crippen molar-refractivity contribution in [3.8, 4) is 5.75 Å². The van der Waals surface area contributed by atoms with Crippen LogP contribution in [0.2, 0.25) is 0 Å². The molecule has 1 aromatic heterocycles. The molecule has 1 N–H and O–H groups in total. The summed E-state index contributed by atoms with van der Waals surface area (Å²) in [6.07, 6.45) is 0.916. The Morgan fingerprint density at radius 2 is 1.61 bits per heavy atom. The van der Waals surface area contributed by atoms with E-state index in [4.69, 9.17) is 10.1 Å². The fourth-order valence-corrected chi connectivity index (χ4v) is 5.16. The Bertz CT molecular complexity index is 1480. The molecule has 36 heavy (non-hydrogen) atoms. The van der Waals surface area contributed by atoms with Crippen LogP contribution in [0.1, 0.15) is 68.1 Å². The second-order valence-corrected chi connectivity index (χ2v) is 11.5. The number of imidazole rings is 1. The van der Waals surface area contributed by atoms with E-state index < -0.39 is 0 Å². The summed E-state index contributed by atoms with van der Waals surface area (Å²) in [4.78, 5) is 13.8. The van der Waals surface area contributed by atoms with Crippen LogP contribution in [0.15, 0.2) is 66.7 Å².